The minimum absolute atomic E-state index is 0.301. The van der Waals surface area contributed by atoms with Gasteiger partial charge < -0.3 is 10.2 Å². The molecule has 2 N–H and O–H groups in total. The third kappa shape index (κ3) is 4.61. The first kappa shape index (κ1) is 17.5. The van der Waals surface area contributed by atoms with Gasteiger partial charge in [0.05, 0.1) is 5.69 Å². The topological polar surface area (TPSA) is 74.3 Å². The molecule has 1 aromatic heterocycles. The molecule has 0 bridgehead atoms. The molecule has 1 aliphatic rings. The Bertz CT molecular complexity index is 775. The molecule has 0 saturated carbocycles. The van der Waals surface area contributed by atoms with E-state index < -0.39 is 11.8 Å². The van der Waals surface area contributed by atoms with E-state index in [0.29, 0.717) is 18.1 Å². The third-order valence-corrected chi connectivity index (χ3v) is 4.96. The molecule has 6 nitrogen and oxygen atoms in total. The lowest BCUT2D eigenvalue weighted by molar-refractivity contribution is -0.136. The van der Waals surface area contributed by atoms with Gasteiger partial charge in [-0.3, -0.25) is 14.9 Å². The molecular weight excluding hydrogens is 343 g/mol. The van der Waals surface area contributed by atoms with Crippen molar-refractivity contribution < 1.29 is 14.0 Å². The Labute approximate surface area is 149 Å². The maximum absolute atomic E-state index is 12.8. The van der Waals surface area contributed by atoms with Crippen molar-refractivity contribution in [2.45, 2.75) is 19.4 Å². The van der Waals surface area contributed by atoms with Crippen molar-refractivity contribution in [3.63, 3.8) is 0 Å². The Morgan fingerprint density at radius 2 is 2.04 bits per heavy atom. The lowest BCUT2D eigenvalue weighted by Crippen LogP contribution is -2.36. The van der Waals surface area contributed by atoms with Crippen LogP contribution in [0.1, 0.15) is 16.1 Å². The fourth-order valence-corrected chi connectivity index (χ4v) is 3.67. The van der Waals surface area contributed by atoms with Crippen LogP contribution in [0.15, 0.2) is 24.3 Å². The number of nitrogens with one attached hydrogen (secondary N) is 2. The summed E-state index contributed by atoms with van der Waals surface area (Å²) in [6.07, 6.45) is 1.37. The first-order valence-electron chi connectivity index (χ1n) is 8.02. The Morgan fingerprint density at radius 1 is 1.28 bits per heavy atom. The Hall–Kier alpha value is -2.32. The molecule has 0 aliphatic carbocycles. The normalized spacial score (nSPS) is 14.0. The van der Waals surface area contributed by atoms with Gasteiger partial charge in [0.1, 0.15) is 5.82 Å². The summed E-state index contributed by atoms with van der Waals surface area (Å²) >= 11 is 1.41. The molecule has 0 unspecified atom stereocenters. The summed E-state index contributed by atoms with van der Waals surface area (Å²) in [5.74, 6) is -1.73. The fraction of sp³-hybridized carbons (Fsp3) is 0.353. The molecule has 2 aromatic rings. The third-order valence-electron chi connectivity index (χ3n) is 3.96. The van der Waals surface area contributed by atoms with Crippen molar-refractivity contribution in [3.05, 3.63) is 46.2 Å². The largest absolute Gasteiger partial charge is 0.347 e. The summed E-state index contributed by atoms with van der Waals surface area (Å²) in [5, 5.41) is 5.57. The molecule has 0 radical (unpaired) electrons. The average molecular weight is 362 g/mol. The van der Waals surface area contributed by atoms with Gasteiger partial charge >= 0.3 is 11.8 Å². The van der Waals surface area contributed by atoms with Crippen molar-refractivity contribution >= 4 is 28.3 Å². The van der Waals surface area contributed by atoms with E-state index in [4.69, 9.17) is 0 Å². The molecule has 1 aliphatic heterocycles. The van der Waals surface area contributed by atoms with E-state index >= 15 is 0 Å². The second kappa shape index (κ2) is 7.71. The lowest BCUT2D eigenvalue weighted by Gasteiger charge is -2.20. The number of fused-ring (bicyclic) bond motifs is 1. The van der Waals surface area contributed by atoms with Gasteiger partial charge in [0, 0.05) is 30.9 Å². The van der Waals surface area contributed by atoms with E-state index in [0.717, 1.165) is 35.6 Å². The molecule has 25 heavy (non-hydrogen) atoms. The summed E-state index contributed by atoms with van der Waals surface area (Å²) < 4.78 is 12.8. The Balaban J connectivity index is 1.48. The quantitative estimate of drug-likeness (QED) is 0.810. The van der Waals surface area contributed by atoms with Crippen molar-refractivity contribution in [1.29, 1.82) is 0 Å². The van der Waals surface area contributed by atoms with Gasteiger partial charge in [-0.25, -0.2) is 9.37 Å². The zero-order chi connectivity index (χ0) is 17.8. The van der Waals surface area contributed by atoms with Crippen molar-refractivity contribution in [2.75, 3.05) is 25.5 Å². The number of carbonyl (C=O) groups is 2. The van der Waals surface area contributed by atoms with Crippen LogP contribution in [0.2, 0.25) is 0 Å². The number of benzene rings is 1. The molecule has 0 fully saturated rings. The smallest absolute Gasteiger partial charge is 0.315 e. The van der Waals surface area contributed by atoms with Crippen LogP contribution in [-0.2, 0) is 29.0 Å². The summed E-state index contributed by atoms with van der Waals surface area (Å²) in [6, 6.07) is 6.04. The van der Waals surface area contributed by atoms with Gasteiger partial charge in [0.15, 0.2) is 5.13 Å². The maximum Gasteiger partial charge on any atom is 0.315 e. The fourth-order valence-electron chi connectivity index (χ4n) is 2.58. The summed E-state index contributed by atoms with van der Waals surface area (Å²) in [5.41, 5.74) is 1.88. The predicted molar refractivity (Wildman–Crippen MR) is 93.9 cm³/mol. The number of rotatable bonds is 4. The van der Waals surface area contributed by atoms with Gasteiger partial charge in [-0.2, -0.15) is 0 Å². The van der Waals surface area contributed by atoms with E-state index in [1.807, 2.05) is 7.05 Å². The highest BCUT2D eigenvalue weighted by Gasteiger charge is 2.21. The van der Waals surface area contributed by atoms with Crippen molar-refractivity contribution in [3.8, 4) is 0 Å². The number of halogens is 1. The molecule has 0 spiro atoms. The molecule has 132 valence electrons. The molecule has 0 atom stereocenters. The molecule has 3 rings (SSSR count). The Kier molecular flexibility index (Phi) is 5.40. The number of amides is 2. The van der Waals surface area contributed by atoms with Crippen LogP contribution in [0.4, 0.5) is 9.52 Å². The van der Waals surface area contributed by atoms with E-state index in [2.05, 4.69) is 20.5 Å². The monoisotopic (exact) mass is 362 g/mol. The second-order valence-electron chi connectivity index (χ2n) is 5.96. The summed E-state index contributed by atoms with van der Waals surface area (Å²) in [7, 11) is 2.04. The van der Waals surface area contributed by atoms with Gasteiger partial charge in [0.2, 0.25) is 0 Å². The van der Waals surface area contributed by atoms with Crippen LogP contribution in [-0.4, -0.2) is 41.8 Å². The van der Waals surface area contributed by atoms with Crippen LogP contribution in [0.5, 0.6) is 0 Å². The first-order chi connectivity index (χ1) is 12.0. The van der Waals surface area contributed by atoms with Gasteiger partial charge in [-0.1, -0.05) is 12.1 Å². The number of aromatic nitrogens is 1. The summed E-state index contributed by atoms with van der Waals surface area (Å²) in [4.78, 5) is 31.5. The van der Waals surface area contributed by atoms with E-state index in [-0.39, 0.29) is 5.82 Å². The van der Waals surface area contributed by atoms with Crippen LogP contribution >= 0.6 is 11.3 Å². The van der Waals surface area contributed by atoms with Crippen LogP contribution in [0.3, 0.4) is 0 Å². The van der Waals surface area contributed by atoms with E-state index in [1.54, 1.807) is 12.1 Å². The van der Waals surface area contributed by atoms with E-state index in [1.165, 1.54) is 23.5 Å². The minimum Gasteiger partial charge on any atom is -0.347 e. The number of likely N-dealkylation sites (N-methyl/N-ethyl adjacent to an activating group) is 1. The van der Waals surface area contributed by atoms with Crippen LogP contribution in [0, 0.1) is 5.82 Å². The lowest BCUT2D eigenvalue weighted by atomic mass is 10.1. The molecule has 2 heterocycles. The molecule has 2 amide bonds. The summed E-state index contributed by atoms with van der Waals surface area (Å²) in [6.45, 7) is 2.05. The number of anilines is 1. The minimum atomic E-state index is -0.724. The highest BCUT2D eigenvalue weighted by atomic mass is 32.1. The number of carbonyl (C=O) groups excluding carboxylic acids is 2. The van der Waals surface area contributed by atoms with Gasteiger partial charge in [-0.05, 0) is 31.2 Å². The second-order valence-corrected chi connectivity index (χ2v) is 7.05. The predicted octanol–water partition coefficient (Wildman–Crippen LogP) is 1.57. The van der Waals surface area contributed by atoms with Crippen LogP contribution < -0.4 is 10.6 Å². The van der Waals surface area contributed by atoms with Gasteiger partial charge in [0.25, 0.3) is 0 Å². The number of hydrogen-bond acceptors (Lipinski definition) is 5. The number of nitrogens with zero attached hydrogens (tertiary/aromatic N) is 2. The Morgan fingerprint density at radius 3 is 2.80 bits per heavy atom. The van der Waals surface area contributed by atoms with E-state index in [9.17, 15) is 14.0 Å². The standard InChI is InChI=1S/C17H19FN4O2S/c1-22-9-7-13-14(10-22)25-17(20-13)21-16(24)15(23)19-8-6-11-2-4-12(18)5-3-11/h2-5H,6-10H2,1H3,(H,19,23)(H,20,21,24). The molecule has 0 saturated heterocycles. The first-order valence-corrected chi connectivity index (χ1v) is 8.83. The SMILES string of the molecule is CN1CCc2nc(NC(=O)C(=O)NCCc3ccc(F)cc3)sc2C1. The zero-order valence-electron chi connectivity index (χ0n) is 13.8. The maximum atomic E-state index is 12.8. The number of thiazole rings is 1. The van der Waals surface area contributed by atoms with Crippen molar-refractivity contribution in [2.24, 2.45) is 0 Å². The molecule has 1 aromatic carbocycles. The highest BCUT2D eigenvalue weighted by Crippen LogP contribution is 2.27. The number of hydrogen-bond donors (Lipinski definition) is 2. The van der Waals surface area contributed by atoms with Gasteiger partial charge in [-0.15, -0.1) is 11.3 Å². The molecule has 8 heteroatoms. The average Bonchev–Trinajstić information content (AvgIpc) is 2.97. The zero-order valence-corrected chi connectivity index (χ0v) is 14.7. The highest BCUT2D eigenvalue weighted by molar-refractivity contribution is 7.16. The van der Waals surface area contributed by atoms with Crippen LogP contribution in [0.25, 0.3) is 0 Å². The molecular formula is C17H19FN4O2S. The van der Waals surface area contributed by atoms with Crippen molar-refractivity contribution in [1.82, 2.24) is 15.2 Å².